The molecule has 0 aliphatic rings. The first-order chi connectivity index (χ1) is 10.3. The maximum absolute atomic E-state index is 11.5. The Bertz CT molecular complexity index is 272. The maximum Gasteiger partial charge on any atom is 0.508 e. The minimum Gasteiger partial charge on any atom is -0.434 e. The third-order valence-electron chi connectivity index (χ3n) is 5.70. The van der Waals surface area contributed by atoms with Crippen LogP contribution in [0.3, 0.4) is 0 Å². The molecule has 0 atom stereocenters. The van der Waals surface area contributed by atoms with Crippen molar-refractivity contribution < 1.29 is 14.3 Å². The highest BCUT2D eigenvalue weighted by molar-refractivity contribution is 6.78. The van der Waals surface area contributed by atoms with Gasteiger partial charge in [0.2, 0.25) is 0 Å². The second kappa shape index (κ2) is 11.3. The van der Waals surface area contributed by atoms with Gasteiger partial charge in [0.25, 0.3) is 0 Å². The van der Waals surface area contributed by atoms with Gasteiger partial charge in [0.1, 0.15) is 0 Å². The Hall–Kier alpha value is -0.296. The Labute approximate surface area is 140 Å². The Morgan fingerprint density at radius 1 is 0.727 bits per heavy atom. The van der Waals surface area contributed by atoms with Crippen molar-refractivity contribution in [3.8, 4) is 0 Å². The first-order valence-corrected chi connectivity index (χ1v) is 15.4. The van der Waals surface area contributed by atoms with Gasteiger partial charge in [-0.1, -0.05) is 77.1 Å². The maximum atomic E-state index is 11.5. The molecule has 22 heavy (non-hydrogen) atoms. The normalized spacial score (nSPS) is 12.3. The molecule has 0 saturated carbocycles. The van der Waals surface area contributed by atoms with E-state index in [0.717, 1.165) is 12.8 Å². The van der Waals surface area contributed by atoms with Crippen LogP contribution in [-0.4, -0.2) is 35.5 Å². The van der Waals surface area contributed by atoms with E-state index in [9.17, 15) is 4.79 Å². The molecule has 3 nitrogen and oxygen atoms in total. The van der Waals surface area contributed by atoms with Crippen LogP contribution in [0.5, 0.6) is 0 Å². The minimum atomic E-state index is -1.06. The topological polar surface area (TPSA) is 35.5 Å². The Morgan fingerprint density at radius 2 is 1.05 bits per heavy atom. The predicted molar refractivity (Wildman–Crippen MR) is 101 cm³/mol. The smallest absolute Gasteiger partial charge is 0.434 e. The Morgan fingerprint density at radius 3 is 1.32 bits per heavy atom. The third-order valence-corrected chi connectivity index (χ3v) is 15.7. The second-order valence-corrected chi connectivity index (χ2v) is 18.3. The van der Waals surface area contributed by atoms with Gasteiger partial charge >= 0.3 is 6.16 Å². The van der Waals surface area contributed by atoms with Gasteiger partial charge < -0.3 is 9.47 Å². The average molecular weight is 347 g/mol. The SMILES string of the molecule is CC[Si](C)(CC)CCCOC(=O)OCCC[Si](C)(CC)CC. The fourth-order valence-electron chi connectivity index (χ4n) is 2.56. The van der Waals surface area contributed by atoms with Gasteiger partial charge in [0.15, 0.2) is 0 Å². The van der Waals surface area contributed by atoms with Crippen LogP contribution in [0.15, 0.2) is 0 Å². The molecule has 0 N–H and O–H groups in total. The molecule has 5 heteroatoms. The number of carbonyl (C=O) groups excluding carboxylic acids is 1. The van der Waals surface area contributed by atoms with Crippen LogP contribution >= 0.6 is 0 Å². The van der Waals surface area contributed by atoms with Crippen molar-refractivity contribution in [3.05, 3.63) is 0 Å². The summed E-state index contributed by atoms with van der Waals surface area (Å²) in [5.41, 5.74) is 0. The molecule has 0 aromatic carbocycles. The monoisotopic (exact) mass is 346 g/mol. The average Bonchev–Trinajstić information content (AvgIpc) is 2.55. The van der Waals surface area contributed by atoms with Gasteiger partial charge in [0, 0.05) is 0 Å². The molecule has 0 heterocycles. The van der Waals surface area contributed by atoms with E-state index in [-0.39, 0.29) is 0 Å². The summed E-state index contributed by atoms with van der Waals surface area (Å²) in [5, 5.41) is 0. The van der Waals surface area contributed by atoms with Crippen LogP contribution in [0.25, 0.3) is 0 Å². The number of rotatable bonds is 12. The van der Waals surface area contributed by atoms with Gasteiger partial charge in [-0.3, -0.25) is 0 Å². The summed E-state index contributed by atoms with van der Waals surface area (Å²) in [6.45, 7) is 15.0. The summed E-state index contributed by atoms with van der Waals surface area (Å²) in [6, 6.07) is 7.72. The molecule has 0 spiro atoms. The lowest BCUT2D eigenvalue weighted by atomic mass is 10.5. The van der Waals surface area contributed by atoms with Crippen LogP contribution in [0.1, 0.15) is 40.5 Å². The van der Waals surface area contributed by atoms with Crippen molar-refractivity contribution in [1.29, 1.82) is 0 Å². The predicted octanol–water partition coefficient (Wildman–Crippen LogP) is 6.16. The third kappa shape index (κ3) is 8.98. The van der Waals surface area contributed by atoms with E-state index in [1.165, 1.54) is 36.3 Å². The van der Waals surface area contributed by atoms with Crippen molar-refractivity contribution in [2.75, 3.05) is 13.2 Å². The van der Waals surface area contributed by atoms with E-state index in [4.69, 9.17) is 9.47 Å². The lowest BCUT2D eigenvalue weighted by Crippen LogP contribution is -2.28. The van der Waals surface area contributed by atoms with Crippen molar-refractivity contribution in [3.63, 3.8) is 0 Å². The first kappa shape index (κ1) is 21.7. The van der Waals surface area contributed by atoms with Crippen LogP contribution in [0, 0.1) is 0 Å². The zero-order valence-corrected chi connectivity index (χ0v) is 17.8. The van der Waals surface area contributed by atoms with E-state index in [1.807, 2.05) is 0 Å². The van der Waals surface area contributed by atoms with Gasteiger partial charge in [-0.05, 0) is 12.8 Å². The van der Waals surface area contributed by atoms with Crippen molar-refractivity contribution >= 4 is 22.3 Å². The number of carbonyl (C=O) groups is 1. The summed E-state index contributed by atoms with van der Waals surface area (Å²) < 4.78 is 10.4. The molecule has 0 rings (SSSR count). The van der Waals surface area contributed by atoms with Crippen LogP contribution in [0.2, 0.25) is 49.4 Å². The van der Waals surface area contributed by atoms with E-state index in [0.29, 0.717) is 13.2 Å². The fraction of sp³-hybridized carbons (Fsp3) is 0.941. The summed E-state index contributed by atoms with van der Waals surface area (Å²) >= 11 is 0. The molecule has 132 valence electrons. The quantitative estimate of drug-likeness (QED) is 0.241. The molecule has 0 aromatic rings. The van der Waals surface area contributed by atoms with Crippen molar-refractivity contribution in [2.45, 2.75) is 89.9 Å². The zero-order chi connectivity index (χ0) is 17.1. The summed E-state index contributed by atoms with van der Waals surface area (Å²) in [5.74, 6) is 0. The molecule has 0 fully saturated rings. The minimum absolute atomic E-state index is 0.479. The molecule has 0 saturated heterocycles. The van der Waals surface area contributed by atoms with Gasteiger partial charge in [-0.15, -0.1) is 0 Å². The summed E-state index contributed by atoms with van der Waals surface area (Å²) in [6.07, 6.45) is 1.49. The Kier molecular flexibility index (Phi) is 11.1. The van der Waals surface area contributed by atoms with Crippen molar-refractivity contribution in [2.24, 2.45) is 0 Å². The van der Waals surface area contributed by atoms with Crippen LogP contribution < -0.4 is 0 Å². The molecule has 0 bridgehead atoms. The number of hydrogen-bond donors (Lipinski definition) is 0. The standard InChI is InChI=1S/C17H38O3Si2/c1-7-21(5,8-2)15-11-13-19-17(18)20-14-12-16-22(6,9-3)10-4/h7-16H2,1-6H3. The van der Waals surface area contributed by atoms with E-state index >= 15 is 0 Å². The molecular weight excluding hydrogens is 308 g/mol. The molecule has 0 amide bonds. The highest BCUT2D eigenvalue weighted by atomic mass is 28.3. The highest BCUT2D eigenvalue weighted by Gasteiger charge is 2.22. The summed E-state index contributed by atoms with van der Waals surface area (Å²) in [4.78, 5) is 11.5. The van der Waals surface area contributed by atoms with Crippen molar-refractivity contribution in [1.82, 2.24) is 0 Å². The number of ether oxygens (including phenoxy) is 2. The van der Waals surface area contributed by atoms with Crippen LogP contribution in [-0.2, 0) is 9.47 Å². The lowest BCUT2D eigenvalue weighted by Gasteiger charge is -2.24. The van der Waals surface area contributed by atoms with Gasteiger partial charge in [-0.25, -0.2) is 4.79 Å². The largest absolute Gasteiger partial charge is 0.508 e. The molecular formula is C17H38O3Si2. The molecule has 0 aromatic heterocycles. The second-order valence-electron chi connectivity index (χ2n) is 7.19. The molecule has 0 radical (unpaired) electrons. The fourth-order valence-corrected chi connectivity index (χ4v) is 6.97. The van der Waals surface area contributed by atoms with Gasteiger partial charge in [0.05, 0.1) is 29.4 Å². The Balaban J connectivity index is 3.71. The highest BCUT2D eigenvalue weighted by Crippen LogP contribution is 2.22. The lowest BCUT2D eigenvalue weighted by molar-refractivity contribution is 0.0553. The molecule has 0 aliphatic heterocycles. The van der Waals surface area contributed by atoms with E-state index in [2.05, 4.69) is 40.8 Å². The first-order valence-electron chi connectivity index (χ1n) is 9.14. The van der Waals surface area contributed by atoms with E-state index < -0.39 is 22.3 Å². The van der Waals surface area contributed by atoms with Gasteiger partial charge in [-0.2, -0.15) is 0 Å². The van der Waals surface area contributed by atoms with E-state index in [1.54, 1.807) is 0 Å². The number of hydrogen-bond acceptors (Lipinski definition) is 3. The summed E-state index contributed by atoms with van der Waals surface area (Å²) in [7, 11) is -2.12. The van der Waals surface area contributed by atoms with Crippen LogP contribution in [0.4, 0.5) is 4.79 Å². The molecule has 0 unspecified atom stereocenters. The zero-order valence-electron chi connectivity index (χ0n) is 15.8. The molecule has 0 aliphatic carbocycles.